The molecule has 1 aliphatic heterocycles. The molecule has 1 atom stereocenters. The van der Waals surface area contributed by atoms with Gasteiger partial charge < -0.3 is 15.4 Å². The number of nitrogen functional groups attached to an aromatic ring is 1. The lowest BCUT2D eigenvalue weighted by atomic mass is 9.84. The molecule has 6 nitrogen and oxygen atoms in total. The Labute approximate surface area is 154 Å². The molecule has 2 N–H and O–H groups in total. The Morgan fingerprint density at radius 3 is 2.41 bits per heavy atom. The summed E-state index contributed by atoms with van der Waals surface area (Å²) < 4.78 is 45.4. The van der Waals surface area contributed by atoms with Gasteiger partial charge in [0.1, 0.15) is 23.8 Å². The molecule has 0 radical (unpaired) electrons. The van der Waals surface area contributed by atoms with Crippen molar-refractivity contribution in [3.05, 3.63) is 41.7 Å². The average molecular weight is 380 g/mol. The van der Waals surface area contributed by atoms with Gasteiger partial charge in [-0.05, 0) is 38.5 Å². The molecule has 9 heteroatoms. The van der Waals surface area contributed by atoms with Crippen LogP contribution in [0.4, 0.5) is 24.7 Å². The van der Waals surface area contributed by atoms with Gasteiger partial charge in [0.2, 0.25) is 5.88 Å². The third-order valence-electron chi connectivity index (χ3n) is 4.66. The summed E-state index contributed by atoms with van der Waals surface area (Å²) in [5.74, 6) is -0.383. The van der Waals surface area contributed by atoms with Crippen LogP contribution in [0.15, 0.2) is 30.6 Å². The molecule has 0 bridgehead atoms. The summed E-state index contributed by atoms with van der Waals surface area (Å²) in [7, 11) is 0. The predicted molar refractivity (Wildman–Crippen MR) is 93.7 cm³/mol. The van der Waals surface area contributed by atoms with Gasteiger partial charge in [-0.15, -0.1) is 0 Å². The van der Waals surface area contributed by atoms with Crippen LogP contribution in [0.5, 0.6) is 5.88 Å². The summed E-state index contributed by atoms with van der Waals surface area (Å²) in [6.07, 6.45) is -3.58. The van der Waals surface area contributed by atoms with E-state index in [4.69, 9.17) is 10.5 Å². The highest BCUT2D eigenvalue weighted by atomic mass is 19.4. The minimum absolute atomic E-state index is 0.0149. The van der Waals surface area contributed by atoms with Crippen LogP contribution < -0.4 is 15.4 Å². The lowest BCUT2D eigenvalue weighted by molar-refractivity contribution is -0.180. The van der Waals surface area contributed by atoms with Crippen molar-refractivity contribution >= 4 is 17.4 Å². The molecular weight excluding hydrogens is 361 g/mol. The quantitative estimate of drug-likeness (QED) is 0.864. The molecule has 0 aliphatic carbocycles. The molecule has 0 saturated carbocycles. The number of nitrogens with zero attached hydrogens (tertiary/aromatic N) is 3. The number of rotatable bonds is 2. The Hall–Kier alpha value is -2.84. The molecule has 27 heavy (non-hydrogen) atoms. The number of carbonyl (C=O) groups excluding carboxylic acids is 1. The summed E-state index contributed by atoms with van der Waals surface area (Å²) >= 11 is 0. The molecule has 144 valence electrons. The molecule has 0 spiro atoms. The summed E-state index contributed by atoms with van der Waals surface area (Å²) in [4.78, 5) is 22.1. The Balaban J connectivity index is 1.99. The third kappa shape index (κ3) is 3.29. The first kappa shape index (κ1) is 18.9. The van der Waals surface area contributed by atoms with Crippen molar-refractivity contribution in [2.24, 2.45) is 0 Å². The van der Waals surface area contributed by atoms with Gasteiger partial charge in [0, 0.05) is 5.69 Å². The predicted octanol–water partition coefficient (Wildman–Crippen LogP) is 3.33. The standard InChI is InChI=1S/C18H19F3N4O2/c1-10-8-25(16(26)13-14(22)23-9-24-15(13)27-10)12-6-4-11(5-7-12)17(2,3)18(19,20)21/h4-7,9-10H,8H2,1-3H3,(H2,22,23,24)/t10-/m1/s1. The van der Waals surface area contributed by atoms with E-state index in [1.807, 2.05) is 0 Å². The Bertz CT molecular complexity index is 866. The normalized spacial score (nSPS) is 17.9. The van der Waals surface area contributed by atoms with Gasteiger partial charge >= 0.3 is 6.18 Å². The molecule has 1 aliphatic rings. The van der Waals surface area contributed by atoms with Crippen LogP contribution in [0, 0.1) is 0 Å². The maximum atomic E-state index is 13.2. The Morgan fingerprint density at radius 2 is 1.81 bits per heavy atom. The molecule has 1 aromatic carbocycles. The van der Waals surface area contributed by atoms with Crippen molar-refractivity contribution in [2.75, 3.05) is 17.2 Å². The van der Waals surface area contributed by atoms with E-state index in [1.165, 1.54) is 35.5 Å². The number of amides is 1. The van der Waals surface area contributed by atoms with Crippen LogP contribution in [0.2, 0.25) is 0 Å². The molecule has 0 saturated heterocycles. The molecule has 2 aromatic rings. The monoisotopic (exact) mass is 380 g/mol. The average Bonchev–Trinajstić information content (AvgIpc) is 2.71. The second kappa shape index (κ2) is 6.40. The van der Waals surface area contributed by atoms with Gasteiger partial charge in [-0.25, -0.2) is 9.97 Å². The van der Waals surface area contributed by atoms with Gasteiger partial charge in [0.05, 0.1) is 12.0 Å². The van der Waals surface area contributed by atoms with Crippen molar-refractivity contribution in [2.45, 2.75) is 38.5 Å². The van der Waals surface area contributed by atoms with Crippen molar-refractivity contribution in [3.63, 3.8) is 0 Å². The van der Waals surface area contributed by atoms with E-state index in [0.717, 1.165) is 13.8 Å². The van der Waals surface area contributed by atoms with Crippen LogP contribution in [-0.4, -0.2) is 34.7 Å². The van der Waals surface area contributed by atoms with Crippen LogP contribution in [0.3, 0.4) is 0 Å². The largest absolute Gasteiger partial charge is 0.472 e. The van der Waals surface area contributed by atoms with E-state index in [-0.39, 0.29) is 29.4 Å². The highest BCUT2D eigenvalue weighted by Crippen LogP contribution is 2.41. The van der Waals surface area contributed by atoms with E-state index in [9.17, 15) is 18.0 Å². The van der Waals surface area contributed by atoms with Gasteiger partial charge in [-0.2, -0.15) is 13.2 Å². The minimum atomic E-state index is -4.39. The first-order chi connectivity index (χ1) is 12.5. The lowest BCUT2D eigenvalue weighted by Crippen LogP contribution is -2.37. The maximum absolute atomic E-state index is 13.2. The van der Waals surface area contributed by atoms with E-state index in [2.05, 4.69) is 9.97 Å². The van der Waals surface area contributed by atoms with E-state index in [0.29, 0.717) is 5.69 Å². The number of hydrogen-bond acceptors (Lipinski definition) is 5. The second-order valence-corrected chi connectivity index (χ2v) is 6.95. The number of benzene rings is 1. The third-order valence-corrected chi connectivity index (χ3v) is 4.66. The number of alkyl halides is 3. The number of hydrogen-bond donors (Lipinski definition) is 1. The molecule has 3 rings (SSSR count). The first-order valence-electron chi connectivity index (χ1n) is 8.28. The zero-order chi connectivity index (χ0) is 20.0. The van der Waals surface area contributed by atoms with Crippen molar-refractivity contribution in [3.8, 4) is 5.88 Å². The van der Waals surface area contributed by atoms with Gasteiger partial charge in [-0.3, -0.25) is 4.79 Å². The smallest absolute Gasteiger partial charge is 0.397 e. The Kier molecular flexibility index (Phi) is 4.49. The minimum Gasteiger partial charge on any atom is -0.472 e. The van der Waals surface area contributed by atoms with Crippen LogP contribution >= 0.6 is 0 Å². The summed E-state index contributed by atoms with van der Waals surface area (Å²) in [6, 6.07) is 5.72. The van der Waals surface area contributed by atoms with E-state index >= 15 is 0 Å². The molecule has 0 unspecified atom stereocenters. The van der Waals surface area contributed by atoms with Gasteiger partial charge in [0.15, 0.2) is 0 Å². The number of ether oxygens (including phenoxy) is 1. The van der Waals surface area contributed by atoms with E-state index < -0.39 is 23.6 Å². The zero-order valence-electron chi connectivity index (χ0n) is 15.0. The molecule has 0 fully saturated rings. The number of fused-ring (bicyclic) bond motifs is 1. The first-order valence-corrected chi connectivity index (χ1v) is 8.28. The summed E-state index contributed by atoms with van der Waals surface area (Å²) in [6.45, 7) is 4.18. The van der Waals surface area contributed by atoms with Crippen LogP contribution in [-0.2, 0) is 5.41 Å². The highest BCUT2D eigenvalue weighted by Gasteiger charge is 2.48. The SMILES string of the molecule is C[C@@H]1CN(c2ccc(C(C)(C)C(F)(F)F)cc2)C(=O)c2c(N)ncnc2O1. The zero-order valence-corrected chi connectivity index (χ0v) is 15.0. The number of anilines is 2. The topological polar surface area (TPSA) is 81.3 Å². The number of nitrogens with two attached hydrogens (primary N) is 1. The number of halogens is 3. The highest BCUT2D eigenvalue weighted by molar-refractivity contribution is 6.10. The van der Waals surface area contributed by atoms with Crippen molar-refractivity contribution < 1.29 is 22.7 Å². The Morgan fingerprint density at radius 1 is 1.19 bits per heavy atom. The maximum Gasteiger partial charge on any atom is 0.397 e. The van der Waals surface area contributed by atoms with Crippen molar-refractivity contribution in [1.29, 1.82) is 0 Å². The second-order valence-electron chi connectivity index (χ2n) is 6.95. The summed E-state index contributed by atoms with van der Waals surface area (Å²) in [5.41, 5.74) is 4.39. The molecule has 1 aromatic heterocycles. The van der Waals surface area contributed by atoms with Crippen LogP contribution in [0.25, 0.3) is 0 Å². The fourth-order valence-electron chi connectivity index (χ4n) is 2.82. The molecule has 2 heterocycles. The summed E-state index contributed by atoms with van der Waals surface area (Å²) in [5, 5.41) is 0. The van der Waals surface area contributed by atoms with Crippen molar-refractivity contribution in [1.82, 2.24) is 9.97 Å². The van der Waals surface area contributed by atoms with Crippen LogP contribution in [0.1, 0.15) is 36.7 Å². The number of carbonyl (C=O) groups is 1. The van der Waals surface area contributed by atoms with E-state index in [1.54, 1.807) is 6.92 Å². The fraction of sp³-hybridized carbons (Fsp3) is 0.389. The number of aromatic nitrogens is 2. The molecule has 1 amide bonds. The lowest BCUT2D eigenvalue weighted by Gasteiger charge is -2.29. The molecular formula is C18H19F3N4O2. The van der Waals surface area contributed by atoms with Gasteiger partial charge in [0.25, 0.3) is 5.91 Å². The van der Waals surface area contributed by atoms with Gasteiger partial charge in [-0.1, -0.05) is 12.1 Å². The fourth-order valence-corrected chi connectivity index (χ4v) is 2.82.